The van der Waals surface area contributed by atoms with Crippen LogP contribution in [0.15, 0.2) is 30.3 Å². The molecule has 0 heterocycles. The smallest absolute Gasteiger partial charge is 0.133 e. The standard InChI is InChI=1S/C19H26O2/c1-18-10-8-16(20)12-19(18,2)13-17(9-11-18)21-14-15-6-4-3-5-7-15/h3-7,17H,8-14H2,1-2H3/t17-,18+,19-/m0/s1. The Balaban J connectivity index is 1.64. The second-order valence-corrected chi connectivity index (χ2v) is 7.50. The van der Waals surface area contributed by atoms with E-state index in [0.717, 1.165) is 32.1 Å². The summed E-state index contributed by atoms with van der Waals surface area (Å²) in [6, 6.07) is 10.4. The minimum absolute atomic E-state index is 0.127. The second-order valence-electron chi connectivity index (χ2n) is 7.50. The summed E-state index contributed by atoms with van der Waals surface area (Å²) in [6.45, 7) is 5.38. The van der Waals surface area contributed by atoms with E-state index >= 15 is 0 Å². The summed E-state index contributed by atoms with van der Waals surface area (Å²) in [5.74, 6) is 0.443. The van der Waals surface area contributed by atoms with Crippen LogP contribution in [0.3, 0.4) is 0 Å². The van der Waals surface area contributed by atoms with Gasteiger partial charge >= 0.3 is 0 Å². The van der Waals surface area contributed by atoms with Crippen LogP contribution in [0.5, 0.6) is 0 Å². The second kappa shape index (κ2) is 5.57. The molecule has 1 aromatic carbocycles. The van der Waals surface area contributed by atoms with Crippen LogP contribution in [0.2, 0.25) is 0 Å². The van der Waals surface area contributed by atoms with E-state index < -0.39 is 0 Å². The van der Waals surface area contributed by atoms with Crippen molar-refractivity contribution in [3.05, 3.63) is 35.9 Å². The third-order valence-electron chi connectivity index (χ3n) is 6.02. The Morgan fingerprint density at radius 3 is 2.67 bits per heavy atom. The van der Waals surface area contributed by atoms with Gasteiger partial charge in [0.15, 0.2) is 0 Å². The van der Waals surface area contributed by atoms with E-state index in [1.54, 1.807) is 0 Å². The van der Waals surface area contributed by atoms with E-state index in [1.165, 1.54) is 12.0 Å². The highest BCUT2D eigenvalue weighted by Gasteiger charge is 2.52. The summed E-state index contributed by atoms with van der Waals surface area (Å²) in [5, 5.41) is 0. The zero-order chi connectivity index (χ0) is 14.9. The molecule has 21 heavy (non-hydrogen) atoms. The van der Waals surface area contributed by atoms with Crippen LogP contribution >= 0.6 is 0 Å². The van der Waals surface area contributed by atoms with Crippen molar-refractivity contribution in [2.75, 3.05) is 0 Å². The fourth-order valence-corrected chi connectivity index (χ4v) is 4.21. The molecule has 2 saturated carbocycles. The number of hydrogen-bond donors (Lipinski definition) is 0. The maximum absolute atomic E-state index is 11.9. The van der Waals surface area contributed by atoms with Crippen molar-refractivity contribution in [2.24, 2.45) is 10.8 Å². The summed E-state index contributed by atoms with van der Waals surface area (Å²) >= 11 is 0. The zero-order valence-corrected chi connectivity index (χ0v) is 13.2. The summed E-state index contributed by atoms with van der Waals surface area (Å²) in [5.41, 5.74) is 1.69. The van der Waals surface area contributed by atoms with E-state index in [2.05, 4.69) is 38.1 Å². The van der Waals surface area contributed by atoms with Crippen LogP contribution in [-0.4, -0.2) is 11.9 Å². The minimum atomic E-state index is 0.127. The Labute approximate surface area is 127 Å². The van der Waals surface area contributed by atoms with Gasteiger partial charge in [0, 0.05) is 12.8 Å². The highest BCUT2D eigenvalue weighted by Crippen LogP contribution is 2.58. The van der Waals surface area contributed by atoms with E-state index in [-0.39, 0.29) is 5.41 Å². The van der Waals surface area contributed by atoms with E-state index in [0.29, 0.717) is 23.9 Å². The monoisotopic (exact) mass is 286 g/mol. The van der Waals surface area contributed by atoms with Gasteiger partial charge in [0.25, 0.3) is 0 Å². The molecule has 2 fully saturated rings. The van der Waals surface area contributed by atoms with Gasteiger partial charge in [-0.05, 0) is 42.1 Å². The van der Waals surface area contributed by atoms with Crippen molar-refractivity contribution in [1.82, 2.24) is 0 Å². The van der Waals surface area contributed by atoms with Crippen LogP contribution < -0.4 is 0 Å². The summed E-state index contributed by atoms with van der Waals surface area (Å²) in [6.07, 6.45) is 6.24. The topological polar surface area (TPSA) is 26.3 Å². The molecule has 0 saturated heterocycles. The van der Waals surface area contributed by atoms with Gasteiger partial charge in [0.05, 0.1) is 12.7 Å². The molecule has 3 rings (SSSR count). The lowest BCUT2D eigenvalue weighted by atomic mass is 9.51. The van der Waals surface area contributed by atoms with Crippen molar-refractivity contribution in [2.45, 2.75) is 65.1 Å². The molecule has 0 N–H and O–H groups in total. The van der Waals surface area contributed by atoms with Gasteiger partial charge in [0.2, 0.25) is 0 Å². The molecule has 0 unspecified atom stereocenters. The van der Waals surface area contributed by atoms with Crippen LogP contribution in [0, 0.1) is 10.8 Å². The van der Waals surface area contributed by atoms with E-state index in [4.69, 9.17) is 4.74 Å². The van der Waals surface area contributed by atoms with Crippen molar-refractivity contribution < 1.29 is 9.53 Å². The van der Waals surface area contributed by atoms with Gasteiger partial charge < -0.3 is 4.74 Å². The average Bonchev–Trinajstić information content (AvgIpc) is 2.47. The van der Waals surface area contributed by atoms with Gasteiger partial charge in [-0.15, -0.1) is 0 Å². The predicted molar refractivity (Wildman–Crippen MR) is 83.9 cm³/mol. The Bertz CT molecular complexity index is 510. The van der Waals surface area contributed by atoms with Gasteiger partial charge in [-0.25, -0.2) is 0 Å². The number of carbonyl (C=O) groups is 1. The summed E-state index contributed by atoms with van der Waals surface area (Å²) in [7, 11) is 0. The third-order valence-corrected chi connectivity index (χ3v) is 6.02. The van der Waals surface area contributed by atoms with Crippen molar-refractivity contribution in [3.63, 3.8) is 0 Å². The van der Waals surface area contributed by atoms with Crippen LogP contribution in [0.25, 0.3) is 0 Å². The Morgan fingerprint density at radius 1 is 1.14 bits per heavy atom. The number of Topliss-reactive ketones (excluding diaryl/α,β-unsaturated/α-hetero) is 1. The predicted octanol–water partition coefficient (Wildman–Crippen LogP) is 4.52. The first-order chi connectivity index (χ1) is 10.0. The fraction of sp³-hybridized carbons (Fsp3) is 0.632. The quantitative estimate of drug-likeness (QED) is 0.816. The van der Waals surface area contributed by atoms with Crippen molar-refractivity contribution in [3.8, 4) is 0 Å². The summed E-state index contributed by atoms with van der Waals surface area (Å²) < 4.78 is 6.15. The molecule has 114 valence electrons. The fourth-order valence-electron chi connectivity index (χ4n) is 4.21. The molecule has 0 aromatic heterocycles. The molecule has 2 heteroatoms. The molecule has 0 bridgehead atoms. The van der Waals surface area contributed by atoms with Crippen molar-refractivity contribution >= 4 is 5.78 Å². The Kier molecular flexibility index (Phi) is 3.92. The lowest BCUT2D eigenvalue weighted by Gasteiger charge is -2.54. The van der Waals surface area contributed by atoms with Crippen molar-refractivity contribution in [1.29, 1.82) is 0 Å². The number of hydrogen-bond acceptors (Lipinski definition) is 2. The highest BCUT2D eigenvalue weighted by atomic mass is 16.5. The van der Waals surface area contributed by atoms with Gasteiger partial charge in [-0.2, -0.15) is 0 Å². The number of rotatable bonds is 3. The highest BCUT2D eigenvalue weighted by molar-refractivity contribution is 5.80. The lowest BCUT2D eigenvalue weighted by Crippen LogP contribution is -2.49. The molecular formula is C19H26O2. The van der Waals surface area contributed by atoms with Crippen LogP contribution in [0.1, 0.15) is 57.9 Å². The molecule has 1 aromatic rings. The van der Waals surface area contributed by atoms with E-state index in [9.17, 15) is 4.79 Å². The van der Waals surface area contributed by atoms with Gasteiger partial charge in [-0.1, -0.05) is 44.2 Å². The molecule has 3 atom stereocenters. The molecule has 2 aliphatic rings. The SMILES string of the molecule is C[C@]12CCC(=O)C[C@@]1(C)C[C@@H](OCc1ccccc1)CC2. The number of fused-ring (bicyclic) bond motifs is 1. The third kappa shape index (κ3) is 2.91. The first-order valence-electron chi connectivity index (χ1n) is 8.18. The lowest BCUT2D eigenvalue weighted by molar-refractivity contribution is -0.141. The Hall–Kier alpha value is -1.15. The first-order valence-corrected chi connectivity index (χ1v) is 8.18. The minimum Gasteiger partial charge on any atom is -0.374 e. The maximum atomic E-state index is 11.9. The number of ether oxygens (including phenoxy) is 1. The van der Waals surface area contributed by atoms with Crippen LogP contribution in [0.4, 0.5) is 0 Å². The number of ketones is 1. The number of benzene rings is 1. The van der Waals surface area contributed by atoms with Gasteiger partial charge in [-0.3, -0.25) is 4.79 Å². The molecule has 0 radical (unpaired) electrons. The zero-order valence-electron chi connectivity index (χ0n) is 13.2. The Morgan fingerprint density at radius 2 is 1.90 bits per heavy atom. The van der Waals surface area contributed by atoms with E-state index in [1.807, 2.05) is 6.07 Å². The largest absolute Gasteiger partial charge is 0.374 e. The first kappa shape index (κ1) is 14.8. The maximum Gasteiger partial charge on any atom is 0.133 e. The molecule has 2 nitrogen and oxygen atoms in total. The van der Waals surface area contributed by atoms with Crippen LogP contribution in [-0.2, 0) is 16.1 Å². The molecule has 2 aliphatic carbocycles. The molecule has 0 amide bonds. The molecular weight excluding hydrogens is 260 g/mol. The normalized spacial score (nSPS) is 36.3. The summed E-state index contributed by atoms with van der Waals surface area (Å²) in [4.78, 5) is 11.9. The molecule has 0 aliphatic heterocycles. The van der Waals surface area contributed by atoms with Gasteiger partial charge in [0.1, 0.15) is 5.78 Å². The average molecular weight is 286 g/mol. The molecule has 0 spiro atoms. The number of carbonyl (C=O) groups excluding carboxylic acids is 1.